The van der Waals surface area contributed by atoms with Gasteiger partial charge in [0, 0.05) is 38.4 Å². The molecule has 1 aliphatic rings. The first-order chi connectivity index (χ1) is 27.8. The molecule has 0 saturated carbocycles. The van der Waals surface area contributed by atoms with E-state index in [0.29, 0.717) is 19.4 Å². The van der Waals surface area contributed by atoms with Gasteiger partial charge in [-0.25, -0.2) is 4.57 Å². The standard InChI is InChI=1S/C47H79N2O8P/c1-7-8-9-10-11-12-13-14-15-16-17-18-19-20-21-30-46(52)55-36-25-37-56-58(53,54)57-38-35-49-44(50)29-24-34-48-45(51)39-41(3)27-22-26-40(2)31-32-43-42(4)28-23-33-47(43,5)6/h14-15,22,26-27,31-32,39H,7-13,16-21,23-25,28-30,33-38H2,1-6H3,(H,48,51)(H,49,50)(H,53,54)/b15-14-,27-22+,32-31+,40-26+,41-39+. The zero-order valence-electron chi connectivity index (χ0n) is 37.0. The van der Waals surface area contributed by atoms with Crippen molar-refractivity contribution in [3.8, 4) is 0 Å². The van der Waals surface area contributed by atoms with Crippen molar-refractivity contribution in [1.82, 2.24) is 10.6 Å². The molecule has 0 aromatic carbocycles. The van der Waals surface area contributed by atoms with E-state index in [1.165, 1.54) is 81.4 Å². The maximum Gasteiger partial charge on any atom is 0.472 e. The largest absolute Gasteiger partial charge is 0.472 e. The second-order valence-electron chi connectivity index (χ2n) is 16.2. The highest BCUT2D eigenvalue weighted by molar-refractivity contribution is 7.47. The first kappa shape index (κ1) is 53.0. The van der Waals surface area contributed by atoms with Crippen LogP contribution < -0.4 is 10.6 Å². The minimum Gasteiger partial charge on any atom is -0.466 e. The molecule has 0 aromatic heterocycles. The Morgan fingerprint density at radius 3 is 2.12 bits per heavy atom. The topological polar surface area (TPSA) is 140 Å². The van der Waals surface area contributed by atoms with Crippen LogP contribution in [0.3, 0.4) is 0 Å². The molecule has 0 radical (unpaired) electrons. The van der Waals surface area contributed by atoms with Crippen LogP contribution in [0.5, 0.6) is 0 Å². The van der Waals surface area contributed by atoms with Crippen molar-refractivity contribution in [3.63, 3.8) is 0 Å². The number of hydrogen-bond acceptors (Lipinski definition) is 7. The molecule has 0 aromatic rings. The predicted molar refractivity (Wildman–Crippen MR) is 238 cm³/mol. The number of phosphoric acid groups is 1. The molecule has 10 nitrogen and oxygen atoms in total. The fourth-order valence-corrected chi connectivity index (χ4v) is 7.47. The normalized spacial score (nSPS) is 16.1. The van der Waals surface area contributed by atoms with Crippen molar-refractivity contribution >= 4 is 25.6 Å². The molecule has 3 N–H and O–H groups in total. The maximum absolute atomic E-state index is 12.3. The van der Waals surface area contributed by atoms with Gasteiger partial charge in [0.2, 0.25) is 11.8 Å². The summed E-state index contributed by atoms with van der Waals surface area (Å²) in [6.07, 6.45) is 36.8. The number of hydrogen-bond donors (Lipinski definition) is 3. The Balaban J connectivity index is 2.06. The minimum atomic E-state index is -4.30. The summed E-state index contributed by atoms with van der Waals surface area (Å²) >= 11 is 0. The van der Waals surface area contributed by atoms with Crippen molar-refractivity contribution in [3.05, 3.63) is 70.9 Å². The van der Waals surface area contributed by atoms with Crippen molar-refractivity contribution in [1.29, 1.82) is 0 Å². The number of unbranched alkanes of at least 4 members (excludes halogenated alkanes) is 11. The van der Waals surface area contributed by atoms with E-state index in [1.807, 2.05) is 25.2 Å². The molecular weight excluding hydrogens is 751 g/mol. The molecule has 0 spiro atoms. The van der Waals surface area contributed by atoms with Crippen molar-refractivity contribution in [2.24, 2.45) is 5.41 Å². The summed E-state index contributed by atoms with van der Waals surface area (Å²) in [6, 6.07) is 0. The second-order valence-corrected chi connectivity index (χ2v) is 17.7. The Bertz CT molecular complexity index is 1430. The third kappa shape index (κ3) is 29.2. The molecule has 0 saturated heterocycles. The summed E-state index contributed by atoms with van der Waals surface area (Å²) in [6.45, 7) is 13.2. The van der Waals surface area contributed by atoms with Gasteiger partial charge >= 0.3 is 13.8 Å². The third-order valence-electron chi connectivity index (χ3n) is 10.1. The predicted octanol–water partition coefficient (Wildman–Crippen LogP) is 11.6. The smallest absolute Gasteiger partial charge is 0.466 e. The lowest BCUT2D eigenvalue weighted by Gasteiger charge is -2.32. The average Bonchev–Trinajstić information content (AvgIpc) is 3.16. The Kier molecular flexibility index (Phi) is 29.9. The molecule has 0 fully saturated rings. The average molecular weight is 831 g/mol. The van der Waals surface area contributed by atoms with Gasteiger partial charge in [-0.2, -0.15) is 0 Å². The highest BCUT2D eigenvalue weighted by Gasteiger charge is 2.26. The van der Waals surface area contributed by atoms with E-state index in [4.69, 9.17) is 13.8 Å². The van der Waals surface area contributed by atoms with Gasteiger partial charge in [0.1, 0.15) is 0 Å². The molecule has 0 aliphatic heterocycles. The summed E-state index contributed by atoms with van der Waals surface area (Å²) in [5, 5.41) is 5.41. The summed E-state index contributed by atoms with van der Waals surface area (Å²) in [5.41, 5.74) is 5.04. The van der Waals surface area contributed by atoms with Crippen LogP contribution >= 0.6 is 7.82 Å². The van der Waals surface area contributed by atoms with Crippen molar-refractivity contribution < 1.29 is 37.6 Å². The van der Waals surface area contributed by atoms with E-state index in [1.54, 1.807) is 0 Å². The molecule has 1 atom stereocenters. The molecule has 0 heterocycles. The highest BCUT2D eigenvalue weighted by Crippen LogP contribution is 2.43. The van der Waals surface area contributed by atoms with Crippen molar-refractivity contribution in [2.45, 2.75) is 170 Å². The second kappa shape index (κ2) is 32.8. The fourth-order valence-electron chi connectivity index (χ4n) is 6.71. The van der Waals surface area contributed by atoms with E-state index in [2.05, 4.69) is 69.6 Å². The Labute approximate surface area is 352 Å². The molecule has 2 amide bonds. The summed E-state index contributed by atoms with van der Waals surface area (Å²) in [7, 11) is -4.30. The molecule has 1 rings (SSSR count). The number of allylic oxidation sites excluding steroid dienone is 11. The van der Waals surface area contributed by atoms with Gasteiger partial charge in [-0.3, -0.25) is 23.4 Å². The lowest BCUT2D eigenvalue weighted by molar-refractivity contribution is -0.144. The zero-order valence-corrected chi connectivity index (χ0v) is 37.9. The molecule has 1 aliphatic carbocycles. The number of phosphoric ester groups is 1. The first-order valence-corrected chi connectivity index (χ1v) is 23.6. The van der Waals surface area contributed by atoms with Gasteiger partial charge in [-0.1, -0.05) is 126 Å². The van der Waals surface area contributed by atoms with Gasteiger partial charge < -0.3 is 20.3 Å². The lowest BCUT2D eigenvalue weighted by Crippen LogP contribution is -2.28. The van der Waals surface area contributed by atoms with Gasteiger partial charge in [0.05, 0.1) is 19.8 Å². The van der Waals surface area contributed by atoms with Crippen LogP contribution in [0.25, 0.3) is 0 Å². The quantitative estimate of drug-likeness (QED) is 0.0148. The zero-order chi connectivity index (χ0) is 42.9. The summed E-state index contributed by atoms with van der Waals surface area (Å²) < 4.78 is 27.2. The number of carbonyl (C=O) groups excluding carboxylic acids is 3. The molecule has 1 unspecified atom stereocenters. The molecule has 0 bridgehead atoms. The lowest BCUT2D eigenvalue weighted by atomic mass is 9.72. The van der Waals surface area contributed by atoms with E-state index in [-0.39, 0.29) is 62.4 Å². The number of ether oxygens (including phenoxy) is 1. The van der Waals surface area contributed by atoms with E-state index >= 15 is 0 Å². The van der Waals surface area contributed by atoms with Gasteiger partial charge in [-0.05, 0) is 95.1 Å². The SMILES string of the molecule is CCCCCCCC/C=C\CCCCCCCC(=O)OCCCOP(=O)(O)OCCNC(=O)CCCNC(=O)/C=C(C)/C=C/C=C(C)/C=C/C1=C(C)CCCC1(C)C. The Hall–Kier alpha value is -3.04. The summed E-state index contributed by atoms with van der Waals surface area (Å²) in [4.78, 5) is 46.3. The maximum atomic E-state index is 12.3. The number of rotatable bonds is 33. The van der Waals surface area contributed by atoms with Gasteiger partial charge in [-0.15, -0.1) is 0 Å². The minimum absolute atomic E-state index is 0.0283. The van der Waals surface area contributed by atoms with E-state index in [9.17, 15) is 23.8 Å². The Morgan fingerprint density at radius 1 is 0.776 bits per heavy atom. The number of esters is 1. The van der Waals surface area contributed by atoms with Crippen molar-refractivity contribution in [2.75, 3.05) is 32.9 Å². The van der Waals surface area contributed by atoms with Gasteiger partial charge in [0.25, 0.3) is 0 Å². The van der Waals surface area contributed by atoms with E-state index < -0.39 is 7.82 Å². The van der Waals surface area contributed by atoms with Gasteiger partial charge in [0.15, 0.2) is 0 Å². The number of amides is 2. The first-order valence-electron chi connectivity index (χ1n) is 22.1. The molecule has 330 valence electrons. The van der Waals surface area contributed by atoms with E-state index in [0.717, 1.165) is 49.7 Å². The van der Waals surface area contributed by atoms with Crippen LogP contribution in [0.2, 0.25) is 0 Å². The molecule has 58 heavy (non-hydrogen) atoms. The van der Waals surface area contributed by atoms with Crippen LogP contribution in [0.4, 0.5) is 0 Å². The highest BCUT2D eigenvalue weighted by atomic mass is 31.2. The molecule has 11 heteroatoms. The monoisotopic (exact) mass is 831 g/mol. The van der Waals surface area contributed by atoms with Crippen LogP contribution in [-0.4, -0.2) is 55.6 Å². The summed E-state index contributed by atoms with van der Waals surface area (Å²) in [5.74, 6) is -0.771. The van der Waals surface area contributed by atoms with Crippen LogP contribution in [0, 0.1) is 5.41 Å². The number of nitrogens with one attached hydrogen (secondary N) is 2. The van der Waals surface area contributed by atoms with Crippen LogP contribution in [0.1, 0.15) is 170 Å². The number of carbonyl (C=O) groups is 3. The van der Waals surface area contributed by atoms with Crippen LogP contribution in [-0.2, 0) is 32.7 Å². The Morgan fingerprint density at radius 2 is 1.43 bits per heavy atom. The van der Waals surface area contributed by atoms with Crippen LogP contribution in [0.15, 0.2) is 70.9 Å². The third-order valence-corrected chi connectivity index (χ3v) is 11.2. The fraction of sp³-hybridized carbons (Fsp3) is 0.681. The molecular formula is C47H79N2O8P.